The normalized spacial score (nSPS) is 13.1. The molecule has 0 aliphatic rings. The molecule has 0 amide bonds. The third kappa shape index (κ3) is 2.66. The van der Waals surface area contributed by atoms with E-state index in [-0.39, 0.29) is 10.5 Å². The van der Waals surface area contributed by atoms with Gasteiger partial charge in [0, 0.05) is 19.3 Å². The van der Waals surface area contributed by atoms with Crippen molar-refractivity contribution in [3.63, 3.8) is 0 Å². The standard InChI is InChI=1S/C18H26O2Si/c1-17(2,18(3,4)21(19-5)20-6)16-13-9-11-14-10-7-8-12-15(14)16/h7-13,21H,1-6H3. The Morgan fingerprint density at radius 3 is 2.00 bits per heavy atom. The number of hydrogen-bond donors (Lipinski definition) is 0. The summed E-state index contributed by atoms with van der Waals surface area (Å²) in [4.78, 5) is 0. The molecule has 3 heteroatoms. The van der Waals surface area contributed by atoms with Gasteiger partial charge in [-0.15, -0.1) is 0 Å². The summed E-state index contributed by atoms with van der Waals surface area (Å²) < 4.78 is 11.4. The summed E-state index contributed by atoms with van der Waals surface area (Å²) in [6, 6.07) is 15.1. The first-order chi connectivity index (χ1) is 9.86. The van der Waals surface area contributed by atoms with Crippen molar-refractivity contribution in [2.45, 2.75) is 38.1 Å². The molecule has 0 unspecified atom stereocenters. The lowest BCUT2D eigenvalue weighted by Gasteiger charge is -2.45. The van der Waals surface area contributed by atoms with Crippen LogP contribution in [0.3, 0.4) is 0 Å². The zero-order valence-electron chi connectivity index (χ0n) is 13.9. The SMILES string of the molecule is CO[SiH](OC)C(C)(C)C(C)(C)c1cccc2ccccc12. The lowest BCUT2D eigenvalue weighted by atomic mass is 9.72. The van der Waals surface area contributed by atoms with Crippen LogP contribution in [-0.4, -0.2) is 23.5 Å². The predicted molar refractivity (Wildman–Crippen MR) is 92.2 cm³/mol. The molecule has 0 fully saturated rings. The largest absolute Gasteiger partial charge is 0.400 e. The fourth-order valence-electron chi connectivity index (χ4n) is 3.10. The third-order valence-electron chi connectivity index (χ3n) is 5.09. The summed E-state index contributed by atoms with van der Waals surface area (Å²) in [5.41, 5.74) is 1.31. The second kappa shape index (κ2) is 5.91. The monoisotopic (exact) mass is 302 g/mol. The lowest BCUT2D eigenvalue weighted by Crippen LogP contribution is -2.45. The van der Waals surface area contributed by atoms with E-state index < -0.39 is 9.28 Å². The van der Waals surface area contributed by atoms with Gasteiger partial charge in [0.25, 0.3) is 0 Å². The smallest absolute Gasteiger partial charge is 0.327 e. The van der Waals surface area contributed by atoms with Crippen LogP contribution in [0.2, 0.25) is 5.04 Å². The summed E-state index contributed by atoms with van der Waals surface area (Å²) in [7, 11) is 1.75. The molecular formula is C18H26O2Si. The van der Waals surface area contributed by atoms with E-state index in [0.717, 1.165) is 0 Å². The van der Waals surface area contributed by atoms with Crippen LogP contribution in [-0.2, 0) is 14.3 Å². The fourth-order valence-corrected chi connectivity index (χ4v) is 5.21. The van der Waals surface area contributed by atoms with Gasteiger partial charge >= 0.3 is 9.28 Å². The van der Waals surface area contributed by atoms with E-state index in [2.05, 4.69) is 70.2 Å². The van der Waals surface area contributed by atoms with E-state index in [4.69, 9.17) is 8.85 Å². The van der Waals surface area contributed by atoms with Crippen LogP contribution < -0.4 is 0 Å². The maximum atomic E-state index is 5.70. The Morgan fingerprint density at radius 1 is 0.810 bits per heavy atom. The summed E-state index contributed by atoms with van der Waals surface area (Å²) in [5.74, 6) is 0. The van der Waals surface area contributed by atoms with Gasteiger partial charge in [0.05, 0.1) is 0 Å². The van der Waals surface area contributed by atoms with Crippen molar-refractivity contribution in [1.82, 2.24) is 0 Å². The van der Waals surface area contributed by atoms with Gasteiger partial charge in [-0.2, -0.15) is 0 Å². The van der Waals surface area contributed by atoms with Crippen molar-refractivity contribution in [3.05, 3.63) is 48.0 Å². The van der Waals surface area contributed by atoms with Crippen LogP contribution in [0.4, 0.5) is 0 Å². The van der Waals surface area contributed by atoms with E-state index in [1.807, 2.05) is 0 Å². The first-order valence-electron chi connectivity index (χ1n) is 7.40. The van der Waals surface area contributed by atoms with Gasteiger partial charge in [0.2, 0.25) is 0 Å². The number of hydrogen-bond acceptors (Lipinski definition) is 2. The first kappa shape index (κ1) is 16.2. The average molecular weight is 302 g/mol. The zero-order valence-corrected chi connectivity index (χ0v) is 15.1. The number of benzene rings is 2. The van der Waals surface area contributed by atoms with Crippen LogP contribution >= 0.6 is 0 Å². The molecule has 21 heavy (non-hydrogen) atoms. The number of rotatable bonds is 5. The molecule has 0 aromatic heterocycles. The molecule has 0 N–H and O–H groups in total. The van der Waals surface area contributed by atoms with Gasteiger partial charge in [-0.25, -0.2) is 0 Å². The topological polar surface area (TPSA) is 18.5 Å². The highest BCUT2D eigenvalue weighted by atomic mass is 28.3. The minimum atomic E-state index is -1.78. The van der Waals surface area contributed by atoms with Crippen LogP contribution in [0.15, 0.2) is 42.5 Å². The van der Waals surface area contributed by atoms with Gasteiger partial charge in [0.1, 0.15) is 0 Å². The first-order valence-corrected chi connectivity index (χ1v) is 8.92. The second-order valence-corrected chi connectivity index (χ2v) is 9.73. The van der Waals surface area contributed by atoms with Gasteiger partial charge < -0.3 is 8.85 Å². The highest BCUT2D eigenvalue weighted by Crippen LogP contribution is 2.50. The Hall–Kier alpha value is -1.16. The fraction of sp³-hybridized carbons (Fsp3) is 0.444. The Labute approximate surface area is 129 Å². The molecule has 0 bridgehead atoms. The quantitative estimate of drug-likeness (QED) is 0.762. The highest BCUT2D eigenvalue weighted by molar-refractivity contribution is 6.48. The Bertz CT molecular complexity index is 610. The molecule has 0 spiro atoms. The van der Waals surface area contributed by atoms with E-state index in [9.17, 15) is 0 Å². The van der Waals surface area contributed by atoms with Crippen LogP contribution in [0.1, 0.15) is 33.3 Å². The summed E-state index contributed by atoms with van der Waals surface area (Å²) >= 11 is 0. The molecule has 2 aromatic rings. The van der Waals surface area contributed by atoms with Gasteiger partial charge in [0.15, 0.2) is 0 Å². The highest BCUT2D eigenvalue weighted by Gasteiger charge is 2.47. The van der Waals surface area contributed by atoms with Crippen LogP contribution in [0.5, 0.6) is 0 Å². The molecule has 0 atom stereocenters. The summed E-state index contributed by atoms with van der Waals surface area (Å²) in [5, 5.41) is 2.56. The summed E-state index contributed by atoms with van der Waals surface area (Å²) in [6.45, 7) is 9.12. The predicted octanol–water partition coefficient (Wildman–Crippen LogP) is 4.41. The van der Waals surface area contributed by atoms with Gasteiger partial charge in [-0.05, 0) is 21.8 Å². The lowest BCUT2D eigenvalue weighted by molar-refractivity contribution is 0.214. The van der Waals surface area contributed by atoms with Crippen LogP contribution in [0.25, 0.3) is 10.8 Å². The molecule has 2 rings (SSSR count). The van der Waals surface area contributed by atoms with E-state index in [1.54, 1.807) is 14.2 Å². The minimum Gasteiger partial charge on any atom is -0.400 e. The molecule has 0 saturated heterocycles. The zero-order chi connectivity index (χ0) is 15.7. The maximum Gasteiger partial charge on any atom is 0.327 e. The minimum absolute atomic E-state index is 0.0410. The van der Waals surface area contributed by atoms with Gasteiger partial charge in [-0.1, -0.05) is 70.2 Å². The van der Waals surface area contributed by atoms with Crippen molar-refractivity contribution in [1.29, 1.82) is 0 Å². The van der Waals surface area contributed by atoms with E-state index >= 15 is 0 Å². The molecule has 0 aliphatic carbocycles. The third-order valence-corrected chi connectivity index (χ3v) is 7.85. The molecule has 114 valence electrons. The summed E-state index contributed by atoms with van der Waals surface area (Å²) in [6.07, 6.45) is 0. The molecule has 0 radical (unpaired) electrons. The molecule has 2 nitrogen and oxygen atoms in total. The van der Waals surface area contributed by atoms with E-state index in [1.165, 1.54) is 16.3 Å². The number of fused-ring (bicyclic) bond motifs is 1. The van der Waals surface area contributed by atoms with Crippen molar-refractivity contribution in [2.24, 2.45) is 0 Å². The van der Waals surface area contributed by atoms with Gasteiger partial charge in [-0.3, -0.25) is 0 Å². The maximum absolute atomic E-state index is 5.70. The average Bonchev–Trinajstić information content (AvgIpc) is 2.47. The Kier molecular flexibility index (Phi) is 4.56. The van der Waals surface area contributed by atoms with Crippen molar-refractivity contribution >= 4 is 20.1 Å². The molecule has 0 heterocycles. The molecule has 0 aliphatic heterocycles. The molecule has 0 saturated carbocycles. The molecule has 2 aromatic carbocycles. The van der Waals surface area contributed by atoms with E-state index in [0.29, 0.717) is 0 Å². The Balaban J connectivity index is 2.61. The van der Waals surface area contributed by atoms with Crippen LogP contribution in [0, 0.1) is 0 Å². The Morgan fingerprint density at radius 2 is 1.38 bits per heavy atom. The molecular weight excluding hydrogens is 276 g/mol. The van der Waals surface area contributed by atoms with Crippen molar-refractivity contribution in [2.75, 3.05) is 14.2 Å². The second-order valence-electron chi connectivity index (χ2n) is 6.68. The van der Waals surface area contributed by atoms with Crippen molar-refractivity contribution in [3.8, 4) is 0 Å². The van der Waals surface area contributed by atoms with Crippen molar-refractivity contribution < 1.29 is 8.85 Å².